The molecular formula is C7H13N3O3S. The minimum atomic E-state index is -3.29. The molecule has 0 amide bonds. The molecule has 1 saturated heterocycles. The first-order chi connectivity index (χ1) is 6.44. The Morgan fingerprint density at radius 2 is 2.36 bits per heavy atom. The van der Waals surface area contributed by atoms with E-state index in [0.29, 0.717) is 19.5 Å². The van der Waals surface area contributed by atoms with Crippen LogP contribution in [0.3, 0.4) is 0 Å². The summed E-state index contributed by atoms with van der Waals surface area (Å²) in [5.41, 5.74) is 0.406. The number of hydrogen-bond acceptors (Lipinski definition) is 4. The first kappa shape index (κ1) is 9.88. The Morgan fingerprint density at radius 3 is 2.86 bits per heavy atom. The predicted molar refractivity (Wildman–Crippen MR) is 51.1 cm³/mol. The third kappa shape index (κ3) is 1.51. The molecule has 2 heterocycles. The van der Waals surface area contributed by atoms with Gasteiger partial charge in [0.1, 0.15) is 0 Å². The molecule has 0 bridgehead atoms. The van der Waals surface area contributed by atoms with Crippen LogP contribution in [0, 0.1) is 0 Å². The van der Waals surface area contributed by atoms with E-state index < -0.39 is 15.8 Å². The number of nitrogens with one attached hydrogen (secondary N) is 1. The fourth-order valence-corrected chi connectivity index (χ4v) is 2.84. The molecule has 0 radical (unpaired) electrons. The van der Waals surface area contributed by atoms with Crippen LogP contribution in [0.1, 0.15) is 13.3 Å². The number of likely N-dealkylation sites (N-methyl/N-ethyl adjacent to an activating group) is 1. The van der Waals surface area contributed by atoms with Gasteiger partial charge in [0.2, 0.25) is 0 Å². The molecule has 0 saturated carbocycles. The second-order valence-corrected chi connectivity index (χ2v) is 5.72. The van der Waals surface area contributed by atoms with Crippen LogP contribution < -0.4 is 4.72 Å². The van der Waals surface area contributed by atoms with E-state index in [0.717, 1.165) is 5.71 Å². The Hall–Kier alpha value is -0.660. The third-order valence-corrected chi connectivity index (χ3v) is 3.93. The molecule has 2 aliphatic heterocycles. The van der Waals surface area contributed by atoms with Gasteiger partial charge in [0.15, 0.2) is 5.60 Å². The van der Waals surface area contributed by atoms with E-state index in [4.69, 9.17) is 4.84 Å². The zero-order valence-corrected chi connectivity index (χ0v) is 8.97. The van der Waals surface area contributed by atoms with Gasteiger partial charge in [-0.05, 0) is 6.92 Å². The highest BCUT2D eigenvalue weighted by atomic mass is 32.2. The van der Waals surface area contributed by atoms with Gasteiger partial charge in [0.05, 0.1) is 18.8 Å². The molecule has 6 nitrogen and oxygen atoms in total. The minimum absolute atomic E-state index is 0.292. The highest BCUT2D eigenvalue weighted by Gasteiger charge is 2.45. The molecule has 14 heavy (non-hydrogen) atoms. The van der Waals surface area contributed by atoms with Gasteiger partial charge >= 0.3 is 0 Å². The summed E-state index contributed by atoms with van der Waals surface area (Å²) in [6.45, 7) is 2.52. The van der Waals surface area contributed by atoms with Gasteiger partial charge < -0.3 is 4.84 Å². The van der Waals surface area contributed by atoms with Crippen molar-refractivity contribution in [1.29, 1.82) is 0 Å². The molecule has 0 aliphatic carbocycles. The predicted octanol–water partition coefficient (Wildman–Crippen LogP) is -0.699. The maximum absolute atomic E-state index is 11.3. The van der Waals surface area contributed by atoms with E-state index in [-0.39, 0.29) is 0 Å². The molecule has 1 fully saturated rings. The van der Waals surface area contributed by atoms with Gasteiger partial charge in [-0.25, -0.2) is 0 Å². The minimum Gasteiger partial charge on any atom is -0.386 e. The van der Waals surface area contributed by atoms with Crippen LogP contribution in [0.15, 0.2) is 5.16 Å². The van der Waals surface area contributed by atoms with Crippen molar-refractivity contribution < 1.29 is 13.3 Å². The highest BCUT2D eigenvalue weighted by Crippen LogP contribution is 2.27. The largest absolute Gasteiger partial charge is 0.386 e. The summed E-state index contributed by atoms with van der Waals surface area (Å²) in [4.78, 5) is 5.28. The molecule has 0 aromatic rings. The Balaban J connectivity index is 2.15. The van der Waals surface area contributed by atoms with Crippen molar-refractivity contribution >= 4 is 15.9 Å². The maximum atomic E-state index is 11.3. The summed E-state index contributed by atoms with van der Waals surface area (Å²) in [6, 6.07) is 0. The molecule has 1 spiro atoms. The monoisotopic (exact) mass is 219 g/mol. The molecule has 0 aromatic carbocycles. The van der Waals surface area contributed by atoms with Crippen molar-refractivity contribution in [3.05, 3.63) is 0 Å². The van der Waals surface area contributed by atoms with Gasteiger partial charge in [-0.15, -0.1) is 0 Å². The van der Waals surface area contributed by atoms with Gasteiger partial charge in [-0.2, -0.15) is 17.4 Å². The second-order valence-electron chi connectivity index (χ2n) is 3.86. The van der Waals surface area contributed by atoms with E-state index in [1.54, 1.807) is 0 Å². The van der Waals surface area contributed by atoms with E-state index in [1.165, 1.54) is 11.4 Å². The van der Waals surface area contributed by atoms with Crippen LogP contribution >= 0.6 is 0 Å². The lowest BCUT2D eigenvalue weighted by molar-refractivity contribution is -0.0293. The van der Waals surface area contributed by atoms with Crippen molar-refractivity contribution in [3.8, 4) is 0 Å². The van der Waals surface area contributed by atoms with Crippen molar-refractivity contribution in [2.24, 2.45) is 5.16 Å². The summed E-state index contributed by atoms with van der Waals surface area (Å²) < 4.78 is 26.4. The zero-order valence-electron chi connectivity index (χ0n) is 8.15. The highest BCUT2D eigenvalue weighted by molar-refractivity contribution is 7.87. The van der Waals surface area contributed by atoms with E-state index >= 15 is 0 Å². The Labute approximate surface area is 83.1 Å². The Morgan fingerprint density at radius 1 is 1.64 bits per heavy atom. The molecule has 80 valence electrons. The second kappa shape index (κ2) is 2.91. The average Bonchev–Trinajstić information content (AvgIpc) is 2.43. The topological polar surface area (TPSA) is 71.0 Å². The van der Waals surface area contributed by atoms with Crippen LogP contribution in [0.2, 0.25) is 0 Å². The number of nitrogens with zero attached hydrogens (tertiary/aromatic N) is 2. The lowest BCUT2D eigenvalue weighted by Gasteiger charge is -2.35. The summed E-state index contributed by atoms with van der Waals surface area (Å²) >= 11 is 0. The Bertz CT molecular complexity index is 378. The zero-order chi connectivity index (χ0) is 10.4. The van der Waals surface area contributed by atoms with Gasteiger partial charge in [0.25, 0.3) is 10.2 Å². The summed E-state index contributed by atoms with van der Waals surface area (Å²) in [7, 11) is -1.76. The molecule has 0 aromatic heterocycles. The van der Waals surface area contributed by atoms with E-state index in [1.807, 2.05) is 6.92 Å². The molecule has 2 aliphatic rings. The van der Waals surface area contributed by atoms with Crippen molar-refractivity contribution in [1.82, 2.24) is 9.03 Å². The fraction of sp³-hybridized carbons (Fsp3) is 0.857. The standard InChI is InChI=1S/C7H13N3O3S/c1-6-3-7(13-9-6)4-8-14(11,12)10(2)5-7/h8H,3-5H2,1-2H3. The van der Waals surface area contributed by atoms with Crippen LogP contribution in [0.25, 0.3) is 0 Å². The molecule has 1 atom stereocenters. The first-order valence-corrected chi connectivity index (χ1v) is 5.80. The number of hydrogen-bond donors (Lipinski definition) is 1. The van der Waals surface area contributed by atoms with Crippen LogP contribution in [0.5, 0.6) is 0 Å². The quantitative estimate of drug-likeness (QED) is 0.585. The lowest BCUT2D eigenvalue weighted by atomic mass is 9.98. The molecule has 1 N–H and O–H groups in total. The van der Waals surface area contributed by atoms with Crippen LogP contribution in [-0.4, -0.2) is 44.2 Å². The van der Waals surface area contributed by atoms with Crippen molar-refractivity contribution in [3.63, 3.8) is 0 Å². The summed E-state index contributed by atoms with van der Waals surface area (Å²) in [5.74, 6) is 0. The first-order valence-electron chi connectivity index (χ1n) is 4.36. The van der Waals surface area contributed by atoms with E-state index in [9.17, 15) is 8.42 Å². The molecular weight excluding hydrogens is 206 g/mol. The third-order valence-electron chi connectivity index (χ3n) is 2.47. The van der Waals surface area contributed by atoms with Crippen LogP contribution in [-0.2, 0) is 15.0 Å². The fourth-order valence-electron chi connectivity index (χ4n) is 1.76. The van der Waals surface area contributed by atoms with Gasteiger partial charge in [-0.1, -0.05) is 5.16 Å². The van der Waals surface area contributed by atoms with E-state index in [2.05, 4.69) is 9.88 Å². The van der Waals surface area contributed by atoms with Gasteiger partial charge in [0, 0.05) is 13.5 Å². The van der Waals surface area contributed by atoms with Crippen LogP contribution in [0.4, 0.5) is 0 Å². The smallest absolute Gasteiger partial charge is 0.279 e. The maximum Gasteiger partial charge on any atom is 0.279 e. The van der Waals surface area contributed by atoms with Crippen molar-refractivity contribution in [2.75, 3.05) is 20.1 Å². The molecule has 2 rings (SSSR count). The van der Waals surface area contributed by atoms with Crippen molar-refractivity contribution in [2.45, 2.75) is 18.9 Å². The number of oxime groups is 1. The van der Waals surface area contributed by atoms with Gasteiger partial charge in [-0.3, -0.25) is 0 Å². The molecule has 7 heteroatoms. The molecule has 1 unspecified atom stereocenters. The summed E-state index contributed by atoms with van der Waals surface area (Å²) in [6.07, 6.45) is 0.680. The Kier molecular flexibility index (Phi) is 2.06. The summed E-state index contributed by atoms with van der Waals surface area (Å²) in [5, 5.41) is 3.85. The normalized spacial score (nSPS) is 36.9. The lowest BCUT2D eigenvalue weighted by Crippen LogP contribution is -2.59. The number of rotatable bonds is 0. The SMILES string of the molecule is CC1=NOC2(CNS(=O)(=O)N(C)C2)C1. The average molecular weight is 219 g/mol.